The minimum atomic E-state index is -4.51. The van der Waals surface area contributed by atoms with Gasteiger partial charge in [0.1, 0.15) is 0 Å². The summed E-state index contributed by atoms with van der Waals surface area (Å²) in [6.07, 6.45) is 2.16. The summed E-state index contributed by atoms with van der Waals surface area (Å²) >= 11 is 5.47. The van der Waals surface area contributed by atoms with Gasteiger partial charge in [-0.25, -0.2) is 0 Å². The Morgan fingerprint density at radius 1 is 1.17 bits per heavy atom. The number of rotatable bonds is 4. The zero-order valence-electron chi connectivity index (χ0n) is 21.5. The zero-order chi connectivity index (χ0) is 26.8. The molecule has 7 heteroatoms. The maximum Gasteiger partial charge on any atom is 0.416 e. The lowest BCUT2D eigenvalue weighted by atomic mass is 9.82. The summed E-state index contributed by atoms with van der Waals surface area (Å²) in [5.74, 6) is 0.772. The first kappa shape index (κ1) is 28.1. The molecular weight excluding hydrogens is 485 g/mol. The molecular formula is C29H36ClF3N2O. The second-order valence-electron chi connectivity index (χ2n) is 10.5. The number of amides is 1. The van der Waals surface area contributed by atoms with Crippen molar-refractivity contribution in [2.75, 3.05) is 11.4 Å². The molecule has 0 atom stereocenters. The van der Waals surface area contributed by atoms with Crippen molar-refractivity contribution in [2.24, 2.45) is 17.6 Å². The Morgan fingerprint density at radius 3 is 2.36 bits per heavy atom. The van der Waals surface area contributed by atoms with Crippen molar-refractivity contribution in [3.8, 4) is 0 Å². The van der Waals surface area contributed by atoms with Crippen LogP contribution in [-0.4, -0.2) is 12.5 Å². The average Bonchev–Trinajstić information content (AvgIpc) is 3.01. The van der Waals surface area contributed by atoms with E-state index in [4.69, 9.17) is 17.3 Å². The molecule has 1 heterocycles. The summed E-state index contributed by atoms with van der Waals surface area (Å²) in [5.41, 5.74) is 9.35. The fourth-order valence-corrected chi connectivity index (χ4v) is 5.40. The van der Waals surface area contributed by atoms with Gasteiger partial charge in [-0.3, -0.25) is 4.79 Å². The van der Waals surface area contributed by atoms with Gasteiger partial charge in [0, 0.05) is 23.3 Å². The fraction of sp³-hybridized carbons (Fsp3) is 0.483. The van der Waals surface area contributed by atoms with Gasteiger partial charge in [0.05, 0.1) is 16.1 Å². The van der Waals surface area contributed by atoms with E-state index in [1.807, 2.05) is 0 Å². The molecule has 1 saturated carbocycles. The van der Waals surface area contributed by atoms with Crippen LogP contribution in [0.25, 0.3) is 0 Å². The van der Waals surface area contributed by atoms with Crippen molar-refractivity contribution in [1.82, 2.24) is 0 Å². The van der Waals surface area contributed by atoms with Gasteiger partial charge in [0.25, 0.3) is 0 Å². The van der Waals surface area contributed by atoms with E-state index < -0.39 is 17.6 Å². The highest BCUT2D eigenvalue weighted by Gasteiger charge is 2.40. The van der Waals surface area contributed by atoms with Crippen molar-refractivity contribution in [3.05, 3.63) is 76.0 Å². The van der Waals surface area contributed by atoms with E-state index in [1.165, 1.54) is 54.7 Å². The van der Waals surface area contributed by atoms with E-state index in [1.54, 1.807) is 0 Å². The normalized spacial score (nSPS) is 21.0. The number of carbonyl (C=O) groups excluding carboxylic acids is 1. The molecule has 2 N–H and O–H groups in total. The smallest absolute Gasteiger partial charge is 0.366 e. The topological polar surface area (TPSA) is 46.3 Å². The second-order valence-corrected chi connectivity index (χ2v) is 10.9. The van der Waals surface area contributed by atoms with Crippen LogP contribution in [0.2, 0.25) is 5.02 Å². The zero-order valence-corrected chi connectivity index (χ0v) is 22.3. The molecule has 4 rings (SSSR count). The van der Waals surface area contributed by atoms with Crippen LogP contribution in [-0.2, 0) is 18.0 Å². The van der Waals surface area contributed by atoms with Crippen molar-refractivity contribution in [2.45, 2.75) is 71.4 Å². The predicted octanol–water partition coefficient (Wildman–Crippen LogP) is 8.14. The quantitative estimate of drug-likeness (QED) is 0.442. The fourth-order valence-electron chi connectivity index (χ4n) is 5.19. The Bertz CT molecular complexity index is 1120. The van der Waals surface area contributed by atoms with Crippen molar-refractivity contribution < 1.29 is 18.0 Å². The molecule has 1 fully saturated rings. The summed E-state index contributed by atoms with van der Waals surface area (Å²) in [4.78, 5) is 13.2. The summed E-state index contributed by atoms with van der Waals surface area (Å²) in [5, 5.41) is -0.0921. The molecule has 1 aliphatic heterocycles. The molecule has 1 amide bonds. The van der Waals surface area contributed by atoms with Gasteiger partial charge in [-0.15, -0.1) is 0 Å². The highest BCUT2D eigenvalue weighted by atomic mass is 35.5. The molecule has 0 saturated heterocycles. The lowest BCUT2D eigenvalue weighted by Crippen LogP contribution is -2.31. The molecule has 0 aromatic heterocycles. The number of hydrogen-bond acceptors (Lipinski definition) is 2. The summed E-state index contributed by atoms with van der Waals surface area (Å²) in [7, 11) is 0. The van der Waals surface area contributed by atoms with Crippen molar-refractivity contribution >= 4 is 23.2 Å². The van der Waals surface area contributed by atoms with E-state index in [-0.39, 0.29) is 16.0 Å². The van der Waals surface area contributed by atoms with E-state index >= 15 is 0 Å². The molecule has 1 aliphatic carbocycles. The van der Waals surface area contributed by atoms with Gasteiger partial charge in [0.15, 0.2) is 0 Å². The number of aryl methyl sites for hydroxylation is 1. The number of allylic oxidation sites excluding steroid dienone is 1. The summed E-state index contributed by atoms with van der Waals surface area (Å²) in [6, 6.07) is 9.23. The minimum Gasteiger partial charge on any atom is -0.366 e. The molecule has 2 aromatic rings. The number of benzene rings is 2. The lowest BCUT2D eigenvalue weighted by molar-refractivity contribution is -0.137. The van der Waals surface area contributed by atoms with Crippen LogP contribution in [0.4, 0.5) is 18.9 Å². The van der Waals surface area contributed by atoms with E-state index in [2.05, 4.69) is 57.4 Å². The average molecular weight is 521 g/mol. The third-order valence-electron chi connectivity index (χ3n) is 7.63. The monoisotopic (exact) mass is 520 g/mol. The standard InChI is InChI=1S/C21H31N.C8H5ClF3NO/c1-6-18-8-7-9-19-20(18)22(16(3)21(19,4)5)14-17-12-10-15(2)11-13-17;9-6-2-1-4(8(10,11)12)3-5(6)7(13)14/h7-9,15,17H,3,6,10-14H2,1-2,4-5H3;1-3H,(H2,13,14). The largest absolute Gasteiger partial charge is 0.416 e. The maximum absolute atomic E-state index is 12.2. The minimum absolute atomic E-state index is 0.0719. The molecule has 2 aromatic carbocycles. The number of para-hydroxylation sites is 1. The maximum atomic E-state index is 12.2. The van der Waals surface area contributed by atoms with Gasteiger partial charge < -0.3 is 10.6 Å². The number of nitrogens with zero attached hydrogens (tertiary/aromatic N) is 1. The summed E-state index contributed by atoms with van der Waals surface area (Å²) in [6.45, 7) is 15.0. The number of fused-ring (bicyclic) bond motifs is 1. The van der Waals surface area contributed by atoms with Gasteiger partial charge in [-0.2, -0.15) is 13.2 Å². The predicted molar refractivity (Wildman–Crippen MR) is 141 cm³/mol. The molecule has 196 valence electrons. The van der Waals surface area contributed by atoms with Gasteiger partial charge in [0.2, 0.25) is 5.91 Å². The van der Waals surface area contributed by atoms with Crippen LogP contribution in [0.5, 0.6) is 0 Å². The molecule has 3 nitrogen and oxygen atoms in total. The van der Waals surface area contributed by atoms with Crippen molar-refractivity contribution in [1.29, 1.82) is 0 Å². The molecule has 0 spiro atoms. The number of halogens is 4. The third kappa shape index (κ3) is 5.91. The lowest BCUT2D eigenvalue weighted by Gasteiger charge is -2.33. The van der Waals surface area contributed by atoms with E-state index in [0.717, 1.165) is 30.4 Å². The number of hydrogen-bond donors (Lipinski definition) is 1. The van der Waals surface area contributed by atoms with Crippen LogP contribution in [0, 0.1) is 11.8 Å². The van der Waals surface area contributed by atoms with E-state index in [9.17, 15) is 18.0 Å². The number of primary amides is 1. The van der Waals surface area contributed by atoms with Gasteiger partial charge in [-0.05, 0) is 60.4 Å². The molecule has 36 heavy (non-hydrogen) atoms. The van der Waals surface area contributed by atoms with E-state index in [0.29, 0.717) is 6.07 Å². The Morgan fingerprint density at radius 2 is 1.81 bits per heavy atom. The Balaban J connectivity index is 0.000000223. The van der Waals surface area contributed by atoms with Crippen molar-refractivity contribution in [3.63, 3.8) is 0 Å². The highest BCUT2D eigenvalue weighted by Crippen LogP contribution is 2.49. The Labute approximate surface area is 217 Å². The summed E-state index contributed by atoms with van der Waals surface area (Å²) < 4.78 is 36.5. The molecule has 0 bridgehead atoms. The molecule has 0 radical (unpaired) electrons. The van der Waals surface area contributed by atoms with Gasteiger partial charge >= 0.3 is 6.18 Å². The highest BCUT2D eigenvalue weighted by molar-refractivity contribution is 6.33. The Kier molecular flexibility index (Phi) is 8.49. The SMILES string of the molecule is C=C1N(CC2CCC(C)CC2)c2c(CC)cccc2C1(C)C.NC(=O)c1cc(C(F)(F)F)ccc1Cl. The number of anilines is 1. The Hall–Kier alpha value is -2.47. The first-order valence-electron chi connectivity index (χ1n) is 12.5. The van der Waals surface area contributed by atoms with Crippen LogP contribution < -0.4 is 10.6 Å². The number of nitrogens with two attached hydrogens (primary N) is 1. The van der Waals surface area contributed by atoms with Crippen LogP contribution in [0.1, 0.15) is 80.4 Å². The van der Waals surface area contributed by atoms with Crippen LogP contribution in [0.3, 0.4) is 0 Å². The first-order chi connectivity index (χ1) is 16.8. The number of alkyl halides is 3. The molecule has 2 aliphatic rings. The van der Waals surface area contributed by atoms with Crippen LogP contribution >= 0.6 is 11.6 Å². The molecule has 0 unspecified atom stereocenters. The van der Waals surface area contributed by atoms with Gasteiger partial charge in [-0.1, -0.05) is 76.9 Å². The number of carbonyl (C=O) groups is 1. The first-order valence-corrected chi connectivity index (χ1v) is 12.9. The van der Waals surface area contributed by atoms with Crippen LogP contribution in [0.15, 0.2) is 48.7 Å². The second kappa shape index (κ2) is 10.9. The third-order valence-corrected chi connectivity index (χ3v) is 7.96.